The minimum Gasteiger partial charge on any atom is -0.483 e. The zero-order valence-electron chi connectivity index (χ0n) is 13.4. The summed E-state index contributed by atoms with van der Waals surface area (Å²) in [5.41, 5.74) is 5.39. The molecule has 0 amide bonds. The van der Waals surface area contributed by atoms with E-state index < -0.39 is 11.6 Å². The molecular formula is C18H15F2N3OS. The number of hydrazone groups is 1. The van der Waals surface area contributed by atoms with Crippen LogP contribution in [0.15, 0.2) is 52.9 Å². The van der Waals surface area contributed by atoms with Crippen LogP contribution in [0.25, 0.3) is 0 Å². The van der Waals surface area contributed by atoms with E-state index in [1.165, 1.54) is 17.4 Å². The predicted molar refractivity (Wildman–Crippen MR) is 95.2 cm³/mol. The monoisotopic (exact) mass is 359 g/mol. The summed E-state index contributed by atoms with van der Waals surface area (Å²) in [7, 11) is 0. The van der Waals surface area contributed by atoms with Gasteiger partial charge in [0.25, 0.3) is 0 Å². The molecule has 0 aliphatic rings. The first kappa shape index (κ1) is 17.0. The molecule has 1 heterocycles. The number of thiazole rings is 1. The first-order valence-corrected chi connectivity index (χ1v) is 8.37. The van der Waals surface area contributed by atoms with Gasteiger partial charge in [-0.2, -0.15) is 5.10 Å². The number of hydrogen-bond acceptors (Lipinski definition) is 5. The molecule has 2 aromatic carbocycles. The van der Waals surface area contributed by atoms with Gasteiger partial charge in [0, 0.05) is 5.38 Å². The second kappa shape index (κ2) is 7.85. The summed E-state index contributed by atoms with van der Waals surface area (Å²) in [6.45, 7) is 1.96. The van der Waals surface area contributed by atoms with Gasteiger partial charge in [0.2, 0.25) is 5.13 Å². The lowest BCUT2D eigenvalue weighted by Crippen LogP contribution is -2.00. The Balaban J connectivity index is 1.63. The minimum absolute atomic E-state index is 0.0542. The average molecular weight is 359 g/mol. The van der Waals surface area contributed by atoms with Crippen LogP contribution in [0.4, 0.5) is 13.9 Å². The Kier molecular flexibility index (Phi) is 5.35. The number of aryl methyl sites for hydroxylation is 1. The van der Waals surface area contributed by atoms with Gasteiger partial charge >= 0.3 is 0 Å². The normalized spacial score (nSPS) is 11.0. The van der Waals surface area contributed by atoms with Crippen LogP contribution in [0, 0.1) is 18.6 Å². The summed E-state index contributed by atoms with van der Waals surface area (Å²) in [6, 6.07) is 11.0. The maximum Gasteiger partial charge on any atom is 0.203 e. The third-order valence-corrected chi connectivity index (χ3v) is 4.11. The Bertz CT molecular complexity index is 875. The zero-order valence-corrected chi connectivity index (χ0v) is 14.2. The van der Waals surface area contributed by atoms with Crippen LogP contribution < -0.4 is 10.2 Å². The van der Waals surface area contributed by atoms with Crippen molar-refractivity contribution in [3.8, 4) is 5.75 Å². The van der Waals surface area contributed by atoms with Crippen LogP contribution in [0.5, 0.6) is 5.75 Å². The molecule has 7 heteroatoms. The molecule has 128 valence electrons. The number of nitrogens with one attached hydrogen (secondary N) is 1. The van der Waals surface area contributed by atoms with Crippen LogP contribution in [0.1, 0.15) is 16.8 Å². The Hall–Kier alpha value is -2.80. The van der Waals surface area contributed by atoms with Crippen molar-refractivity contribution < 1.29 is 13.5 Å². The average Bonchev–Trinajstić information content (AvgIpc) is 3.00. The Labute approximate surface area is 147 Å². The van der Waals surface area contributed by atoms with E-state index in [1.807, 2.05) is 36.6 Å². The molecule has 1 aromatic heterocycles. The summed E-state index contributed by atoms with van der Waals surface area (Å²) in [5.74, 6) is -1.82. The van der Waals surface area contributed by atoms with Crippen LogP contribution in [-0.4, -0.2) is 11.2 Å². The summed E-state index contributed by atoms with van der Waals surface area (Å²) >= 11 is 1.47. The zero-order chi connectivity index (χ0) is 17.6. The SMILES string of the molecule is Cc1csc(NN=Cc2cccc(COc3c(F)cccc3F)c2)n1. The summed E-state index contributed by atoms with van der Waals surface area (Å²) < 4.78 is 32.4. The molecule has 3 rings (SSSR count). The van der Waals surface area contributed by atoms with E-state index in [0.717, 1.165) is 29.0 Å². The second-order valence-electron chi connectivity index (χ2n) is 5.25. The molecule has 0 fully saturated rings. The van der Waals surface area contributed by atoms with Gasteiger partial charge in [-0.15, -0.1) is 11.3 Å². The highest BCUT2D eigenvalue weighted by molar-refractivity contribution is 7.13. The fraction of sp³-hybridized carbons (Fsp3) is 0.111. The fourth-order valence-corrected chi connectivity index (χ4v) is 2.74. The molecule has 0 saturated carbocycles. The summed E-state index contributed by atoms with van der Waals surface area (Å²) in [5, 5.41) is 6.76. The van der Waals surface area contributed by atoms with E-state index in [2.05, 4.69) is 15.5 Å². The lowest BCUT2D eigenvalue weighted by molar-refractivity contribution is 0.274. The smallest absolute Gasteiger partial charge is 0.203 e. The van der Waals surface area contributed by atoms with Gasteiger partial charge in [0.1, 0.15) is 6.61 Å². The highest BCUT2D eigenvalue weighted by Crippen LogP contribution is 2.22. The summed E-state index contributed by atoms with van der Waals surface area (Å²) in [4.78, 5) is 4.24. The lowest BCUT2D eigenvalue weighted by Gasteiger charge is -2.08. The van der Waals surface area contributed by atoms with E-state index in [4.69, 9.17) is 4.74 Å². The predicted octanol–water partition coefficient (Wildman–Crippen LogP) is 4.75. The van der Waals surface area contributed by atoms with Crippen LogP contribution in [-0.2, 0) is 6.61 Å². The number of halogens is 2. The van der Waals surface area contributed by atoms with Gasteiger partial charge in [-0.25, -0.2) is 13.8 Å². The number of ether oxygens (including phenoxy) is 1. The van der Waals surface area contributed by atoms with Gasteiger partial charge in [0.05, 0.1) is 11.9 Å². The molecule has 0 radical (unpaired) electrons. The van der Waals surface area contributed by atoms with Crippen molar-refractivity contribution in [1.29, 1.82) is 0 Å². The molecule has 25 heavy (non-hydrogen) atoms. The standard InChI is InChI=1S/C18H15F2N3OS/c1-12-11-25-18(22-12)23-21-9-13-4-2-5-14(8-13)10-24-17-15(19)6-3-7-16(17)20/h2-9,11H,10H2,1H3,(H,22,23). The van der Waals surface area contributed by atoms with Crippen LogP contribution >= 0.6 is 11.3 Å². The lowest BCUT2D eigenvalue weighted by atomic mass is 10.1. The number of aromatic nitrogens is 1. The van der Waals surface area contributed by atoms with Gasteiger partial charge in [-0.1, -0.05) is 24.3 Å². The molecular weight excluding hydrogens is 344 g/mol. The third-order valence-electron chi connectivity index (χ3n) is 3.25. The maximum absolute atomic E-state index is 13.6. The number of nitrogens with zero attached hydrogens (tertiary/aromatic N) is 2. The van der Waals surface area contributed by atoms with Crippen molar-refractivity contribution >= 4 is 22.7 Å². The molecule has 4 nitrogen and oxygen atoms in total. The Morgan fingerprint density at radius 1 is 1.20 bits per heavy atom. The van der Waals surface area contributed by atoms with Crippen molar-refractivity contribution in [1.82, 2.24) is 4.98 Å². The van der Waals surface area contributed by atoms with Crippen LogP contribution in [0.3, 0.4) is 0 Å². The molecule has 0 atom stereocenters. The number of para-hydroxylation sites is 1. The topological polar surface area (TPSA) is 46.5 Å². The van der Waals surface area contributed by atoms with E-state index in [0.29, 0.717) is 5.13 Å². The highest BCUT2D eigenvalue weighted by atomic mass is 32.1. The maximum atomic E-state index is 13.6. The summed E-state index contributed by atoms with van der Waals surface area (Å²) in [6.07, 6.45) is 1.64. The van der Waals surface area contributed by atoms with Gasteiger partial charge in [-0.3, -0.25) is 5.43 Å². The molecule has 0 unspecified atom stereocenters. The van der Waals surface area contributed by atoms with Crippen molar-refractivity contribution in [2.45, 2.75) is 13.5 Å². The molecule has 0 aliphatic heterocycles. The Morgan fingerprint density at radius 3 is 2.68 bits per heavy atom. The number of rotatable bonds is 6. The van der Waals surface area contributed by atoms with Crippen molar-refractivity contribution in [3.05, 3.63) is 76.3 Å². The van der Waals surface area contributed by atoms with Gasteiger partial charge < -0.3 is 4.74 Å². The Morgan fingerprint density at radius 2 is 1.96 bits per heavy atom. The molecule has 0 spiro atoms. The molecule has 1 N–H and O–H groups in total. The minimum atomic E-state index is -0.722. The first-order chi connectivity index (χ1) is 12.1. The molecule has 0 bridgehead atoms. The second-order valence-corrected chi connectivity index (χ2v) is 6.11. The first-order valence-electron chi connectivity index (χ1n) is 7.49. The van der Waals surface area contributed by atoms with Gasteiger partial charge in [0.15, 0.2) is 17.4 Å². The molecule has 3 aromatic rings. The quantitative estimate of drug-likeness (QED) is 0.510. The van der Waals surface area contributed by atoms with E-state index in [-0.39, 0.29) is 12.4 Å². The van der Waals surface area contributed by atoms with Crippen LogP contribution in [0.2, 0.25) is 0 Å². The largest absolute Gasteiger partial charge is 0.483 e. The number of anilines is 1. The molecule has 0 saturated heterocycles. The van der Waals surface area contributed by atoms with Crippen molar-refractivity contribution in [2.24, 2.45) is 5.10 Å². The van der Waals surface area contributed by atoms with Crippen molar-refractivity contribution in [2.75, 3.05) is 5.43 Å². The van der Waals surface area contributed by atoms with E-state index in [1.54, 1.807) is 6.21 Å². The number of benzene rings is 2. The third kappa shape index (κ3) is 4.60. The molecule has 0 aliphatic carbocycles. The fourth-order valence-electron chi connectivity index (χ4n) is 2.11. The highest BCUT2D eigenvalue weighted by Gasteiger charge is 2.09. The van der Waals surface area contributed by atoms with Gasteiger partial charge in [-0.05, 0) is 36.2 Å². The van der Waals surface area contributed by atoms with E-state index >= 15 is 0 Å². The van der Waals surface area contributed by atoms with Crippen molar-refractivity contribution in [3.63, 3.8) is 0 Å². The van der Waals surface area contributed by atoms with E-state index in [9.17, 15) is 8.78 Å². The number of hydrogen-bond donors (Lipinski definition) is 1.